The minimum absolute atomic E-state index is 0.400. The van der Waals surface area contributed by atoms with Crippen LogP contribution in [-0.2, 0) is 0 Å². The van der Waals surface area contributed by atoms with Crippen molar-refractivity contribution in [1.29, 1.82) is 0 Å². The summed E-state index contributed by atoms with van der Waals surface area (Å²) in [5.41, 5.74) is 5.96. The first-order chi connectivity index (χ1) is 14.6. The second-order valence-electron chi connectivity index (χ2n) is 6.45. The fraction of sp³-hybridized carbons (Fsp3) is 0. The molecule has 0 fully saturated rings. The first-order valence-corrected chi connectivity index (χ1v) is 11.3. The number of para-hydroxylation sites is 1. The molecule has 0 bridgehead atoms. The lowest BCUT2D eigenvalue weighted by atomic mass is 10.1. The number of aromatic amines is 1. The molecule has 0 unspecified atom stereocenters. The Balaban J connectivity index is 1.41. The summed E-state index contributed by atoms with van der Waals surface area (Å²) in [6, 6.07) is 13.5. The van der Waals surface area contributed by atoms with Gasteiger partial charge in [0, 0.05) is 37.9 Å². The molecule has 0 atom stereocenters. The zero-order valence-corrected chi connectivity index (χ0v) is 19.1. The number of anilines is 1. The van der Waals surface area contributed by atoms with Gasteiger partial charge in [0.05, 0.1) is 21.9 Å². The number of rotatable bonds is 4. The molecule has 0 saturated carbocycles. The van der Waals surface area contributed by atoms with E-state index in [-0.39, 0.29) is 0 Å². The highest BCUT2D eigenvalue weighted by Crippen LogP contribution is 2.31. The predicted molar refractivity (Wildman–Crippen MR) is 129 cm³/mol. The van der Waals surface area contributed by atoms with Gasteiger partial charge in [-0.05, 0) is 40.2 Å². The van der Waals surface area contributed by atoms with Gasteiger partial charge in [0.25, 0.3) is 0 Å². The summed E-state index contributed by atoms with van der Waals surface area (Å²) in [6.45, 7) is 0. The van der Waals surface area contributed by atoms with Crippen LogP contribution in [0, 0.1) is 0 Å². The molecule has 0 saturated heterocycles. The number of fused-ring (bicyclic) bond motifs is 2. The van der Waals surface area contributed by atoms with Gasteiger partial charge in [0.1, 0.15) is 0 Å². The van der Waals surface area contributed by atoms with Gasteiger partial charge >= 0.3 is 5.63 Å². The van der Waals surface area contributed by atoms with Gasteiger partial charge in [-0.3, -0.25) is 5.43 Å². The van der Waals surface area contributed by atoms with Gasteiger partial charge in [-0.2, -0.15) is 5.10 Å². The Bertz CT molecular complexity index is 1490. The summed E-state index contributed by atoms with van der Waals surface area (Å²) in [4.78, 5) is 20.2. The van der Waals surface area contributed by atoms with Crippen molar-refractivity contribution in [2.45, 2.75) is 0 Å². The fourth-order valence-corrected chi connectivity index (χ4v) is 5.14. The van der Waals surface area contributed by atoms with Crippen molar-refractivity contribution in [3.8, 4) is 11.3 Å². The molecule has 0 aliphatic carbocycles. The minimum atomic E-state index is -0.440. The van der Waals surface area contributed by atoms with E-state index in [0.717, 1.165) is 26.3 Å². The highest BCUT2D eigenvalue weighted by atomic mass is 79.9. The normalized spacial score (nSPS) is 11.7. The van der Waals surface area contributed by atoms with Crippen LogP contribution in [0.2, 0.25) is 0 Å². The van der Waals surface area contributed by atoms with Crippen molar-refractivity contribution in [1.82, 2.24) is 9.97 Å². The van der Waals surface area contributed by atoms with Crippen LogP contribution in [0.15, 0.2) is 77.3 Å². The molecule has 2 N–H and O–H groups in total. The molecule has 5 aromatic rings. The van der Waals surface area contributed by atoms with Crippen molar-refractivity contribution in [3.63, 3.8) is 0 Å². The van der Waals surface area contributed by atoms with E-state index in [0.29, 0.717) is 26.4 Å². The molecule has 0 spiro atoms. The summed E-state index contributed by atoms with van der Waals surface area (Å²) in [5.74, 6) is 0. The third kappa shape index (κ3) is 3.60. The summed E-state index contributed by atoms with van der Waals surface area (Å²) >= 11 is 8.24. The maximum Gasteiger partial charge on any atom is 0.345 e. The second kappa shape index (κ2) is 7.82. The van der Waals surface area contributed by atoms with E-state index in [2.05, 4.69) is 52.4 Å². The Labute approximate surface area is 190 Å². The van der Waals surface area contributed by atoms with E-state index in [4.69, 9.17) is 4.42 Å². The van der Waals surface area contributed by atoms with Crippen molar-refractivity contribution in [3.05, 3.63) is 79.0 Å². The highest BCUT2D eigenvalue weighted by molar-refractivity contribution is 9.11. The number of nitrogens with one attached hydrogen (secondary N) is 2. The predicted octanol–water partition coefficient (Wildman–Crippen LogP) is 6.37. The molecule has 0 aliphatic rings. The van der Waals surface area contributed by atoms with E-state index in [1.807, 2.05) is 42.6 Å². The zero-order chi connectivity index (χ0) is 20.7. The maximum absolute atomic E-state index is 12.5. The van der Waals surface area contributed by atoms with Crippen LogP contribution in [0.4, 0.5) is 5.13 Å². The van der Waals surface area contributed by atoms with Gasteiger partial charge in [0.15, 0.2) is 5.58 Å². The molecule has 0 aliphatic heterocycles. The smallest absolute Gasteiger partial charge is 0.345 e. The lowest BCUT2D eigenvalue weighted by molar-refractivity contribution is 0.561. The molecule has 3 aromatic heterocycles. The Hall–Kier alpha value is -2.75. The van der Waals surface area contributed by atoms with Crippen LogP contribution in [0.5, 0.6) is 0 Å². The highest BCUT2D eigenvalue weighted by Gasteiger charge is 2.13. The Morgan fingerprint density at radius 2 is 2.07 bits per heavy atom. The van der Waals surface area contributed by atoms with Crippen molar-refractivity contribution in [2.24, 2.45) is 5.10 Å². The van der Waals surface area contributed by atoms with Crippen LogP contribution in [-0.4, -0.2) is 16.2 Å². The molecule has 0 radical (unpaired) electrons. The van der Waals surface area contributed by atoms with E-state index >= 15 is 0 Å². The van der Waals surface area contributed by atoms with Crippen molar-refractivity contribution < 1.29 is 4.42 Å². The molecule has 0 amide bonds. The SMILES string of the molecule is O=c1oc2c(Br)cc(Br)cc2cc1-c1csc(N/N=C/c2c[nH]c3ccccc23)n1. The summed E-state index contributed by atoms with van der Waals surface area (Å²) in [5, 5.41) is 8.54. The Morgan fingerprint density at radius 3 is 2.97 bits per heavy atom. The van der Waals surface area contributed by atoms with E-state index < -0.39 is 5.63 Å². The Kier molecular flexibility index (Phi) is 5.01. The standard InChI is InChI=1S/C21H12Br2N4O2S/c22-13-5-11-6-15(20(28)29-19(11)16(23)7-13)18-10-30-21(26-18)27-25-9-12-8-24-17-4-2-1-3-14(12)17/h1-10,24H,(H,26,27)/b25-9+. The monoisotopic (exact) mass is 542 g/mol. The number of nitrogens with zero attached hydrogens (tertiary/aromatic N) is 2. The average molecular weight is 544 g/mol. The topological polar surface area (TPSA) is 83.3 Å². The third-order valence-corrected chi connectivity index (χ3v) is 6.31. The first-order valence-electron chi connectivity index (χ1n) is 8.82. The molecule has 5 rings (SSSR count). The van der Waals surface area contributed by atoms with E-state index in [1.165, 1.54) is 11.3 Å². The zero-order valence-electron chi connectivity index (χ0n) is 15.1. The van der Waals surface area contributed by atoms with Gasteiger partial charge in [-0.1, -0.05) is 34.1 Å². The summed E-state index contributed by atoms with van der Waals surface area (Å²) < 4.78 is 7.10. The van der Waals surface area contributed by atoms with Crippen LogP contribution in [0.3, 0.4) is 0 Å². The number of hydrazone groups is 1. The largest absolute Gasteiger partial charge is 0.421 e. The molecule has 148 valence electrons. The molecular formula is C21H12Br2N4O2S. The number of benzene rings is 2. The van der Waals surface area contributed by atoms with Crippen LogP contribution in [0.1, 0.15) is 5.56 Å². The summed E-state index contributed by atoms with van der Waals surface area (Å²) in [6.07, 6.45) is 3.64. The number of aromatic nitrogens is 2. The second-order valence-corrected chi connectivity index (χ2v) is 9.08. The van der Waals surface area contributed by atoms with E-state index in [9.17, 15) is 4.79 Å². The summed E-state index contributed by atoms with van der Waals surface area (Å²) in [7, 11) is 0. The fourth-order valence-electron chi connectivity index (χ4n) is 3.14. The van der Waals surface area contributed by atoms with Gasteiger partial charge in [-0.25, -0.2) is 9.78 Å². The van der Waals surface area contributed by atoms with Gasteiger partial charge in [-0.15, -0.1) is 11.3 Å². The van der Waals surface area contributed by atoms with Crippen LogP contribution < -0.4 is 11.1 Å². The molecule has 30 heavy (non-hydrogen) atoms. The average Bonchev–Trinajstić information content (AvgIpc) is 3.36. The number of hydrogen-bond donors (Lipinski definition) is 2. The third-order valence-electron chi connectivity index (χ3n) is 4.52. The lowest BCUT2D eigenvalue weighted by Crippen LogP contribution is -2.03. The van der Waals surface area contributed by atoms with Crippen molar-refractivity contribution in [2.75, 3.05) is 5.43 Å². The number of thiazole rings is 1. The Morgan fingerprint density at radius 1 is 1.20 bits per heavy atom. The molecule has 9 heteroatoms. The van der Waals surface area contributed by atoms with Gasteiger partial charge in [0.2, 0.25) is 5.13 Å². The first kappa shape index (κ1) is 19.2. The van der Waals surface area contributed by atoms with Crippen LogP contribution >= 0.6 is 43.2 Å². The number of H-pyrrole nitrogens is 1. The maximum atomic E-state index is 12.5. The van der Waals surface area contributed by atoms with E-state index in [1.54, 1.807) is 17.7 Å². The minimum Gasteiger partial charge on any atom is -0.421 e. The lowest BCUT2D eigenvalue weighted by Gasteiger charge is -2.03. The molecule has 3 heterocycles. The van der Waals surface area contributed by atoms with Crippen LogP contribution in [0.25, 0.3) is 33.1 Å². The number of halogens is 2. The molecule has 2 aromatic carbocycles. The number of hydrogen-bond acceptors (Lipinski definition) is 6. The van der Waals surface area contributed by atoms with Gasteiger partial charge < -0.3 is 9.40 Å². The molecule has 6 nitrogen and oxygen atoms in total. The molecular weight excluding hydrogens is 532 g/mol. The van der Waals surface area contributed by atoms with Crippen molar-refractivity contribution >= 4 is 76.4 Å². The quantitative estimate of drug-likeness (QED) is 0.157.